The Labute approximate surface area is 126 Å². The molecule has 0 aromatic heterocycles. The van der Waals surface area contributed by atoms with Crippen molar-refractivity contribution in [1.82, 2.24) is 5.32 Å². The average molecular weight is 320 g/mol. The lowest BCUT2D eigenvalue weighted by Crippen LogP contribution is -2.45. The second kappa shape index (κ2) is 6.82. The summed E-state index contributed by atoms with van der Waals surface area (Å²) in [6.45, 7) is 1.54. The van der Waals surface area contributed by atoms with Gasteiger partial charge in [-0.2, -0.15) is 0 Å². The van der Waals surface area contributed by atoms with E-state index in [-0.39, 0.29) is 31.1 Å². The lowest BCUT2D eigenvalue weighted by molar-refractivity contribution is -0.122. The molecule has 1 aliphatic heterocycles. The summed E-state index contributed by atoms with van der Waals surface area (Å²) in [5.74, 6) is -2.46. The lowest BCUT2D eigenvalue weighted by Gasteiger charge is -2.19. The lowest BCUT2D eigenvalue weighted by atomic mass is 10.2. The molecule has 0 aliphatic carbocycles. The molecule has 1 heterocycles. The van der Waals surface area contributed by atoms with E-state index in [2.05, 4.69) is 5.32 Å². The number of rotatable bonds is 3. The highest BCUT2D eigenvalue weighted by Gasteiger charge is 2.34. The van der Waals surface area contributed by atoms with E-state index in [0.717, 1.165) is 17.0 Å². The molecule has 1 aromatic carbocycles. The Hall–Kier alpha value is -1.73. The molecule has 2 unspecified atom stereocenters. The van der Waals surface area contributed by atoms with Gasteiger partial charge in [-0.25, -0.2) is 8.78 Å². The van der Waals surface area contributed by atoms with Crippen LogP contribution in [0.25, 0.3) is 0 Å². The molecule has 1 saturated heterocycles. The van der Waals surface area contributed by atoms with Crippen molar-refractivity contribution >= 4 is 29.9 Å². The van der Waals surface area contributed by atoms with Crippen molar-refractivity contribution < 1.29 is 18.4 Å². The SMILES string of the molecule is CC(N)C(=O)NC1CC(=O)N(c2c(F)cccc2F)C1.Cl. The summed E-state index contributed by atoms with van der Waals surface area (Å²) in [5.41, 5.74) is 5.03. The van der Waals surface area contributed by atoms with E-state index in [1.165, 1.54) is 13.0 Å². The molecular weight excluding hydrogens is 304 g/mol. The highest BCUT2D eigenvalue weighted by molar-refractivity contribution is 5.97. The van der Waals surface area contributed by atoms with Gasteiger partial charge in [0, 0.05) is 13.0 Å². The zero-order valence-electron chi connectivity index (χ0n) is 11.3. The molecule has 0 bridgehead atoms. The van der Waals surface area contributed by atoms with Crippen LogP contribution in [0.1, 0.15) is 13.3 Å². The van der Waals surface area contributed by atoms with Gasteiger partial charge >= 0.3 is 0 Å². The standard InChI is InChI=1S/C13H15F2N3O2.ClH/c1-7(16)13(20)17-8-5-11(19)18(6-8)12-9(14)3-2-4-10(12)15;/h2-4,7-8H,5-6,16H2,1H3,(H,17,20);1H. The number of carbonyl (C=O) groups is 2. The minimum atomic E-state index is -0.808. The van der Waals surface area contributed by atoms with Crippen molar-refractivity contribution in [1.29, 1.82) is 0 Å². The van der Waals surface area contributed by atoms with E-state index >= 15 is 0 Å². The Balaban J connectivity index is 0.00000220. The van der Waals surface area contributed by atoms with E-state index in [4.69, 9.17) is 5.73 Å². The third-order valence-electron chi connectivity index (χ3n) is 3.09. The minimum Gasteiger partial charge on any atom is -0.350 e. The number of halogens is 3. The van der Waals surface area contributed by atoms with Crippen LogP contribution in [-0.4, -0.2) is 30.4 Å². The number of para-hydroxylation sites is 1. The van der Waals surface area contributed by atoms with E-state index in [0.29, 0.717) is 0 Å². The molecule has 0 spiro atoms. The zero-order chi connectivity index (χ0) is 14.9. The van der Waals surface area contributed by atoms with Crippen molar-refractivity contribution in [3.63, 3.8) is 0 Å². The molecule has 3 N–H and O–H groups in total. The van der Waals surface area contributed by atoms with Crippen molar-refractivity contribution in [2.75, 3.05) is 11.4 Å². The molecule has 1 aliphatic rings. The molecule has 1 aromatic rings. The van der Waals surface area contributed by atoms with Gasteiger partial charge in [0.25, 0.3) is 0 Å². The molecule has 5 nitrogen and oxygen atoms in total. The van der Waals surface area contributed by atoms with E-state index in [1.54, 1.807) is 0 Å². The third kappa shape index (κ3) is 3.68. The number of benzene rings is 1. The van der Waals surface area contributed by atoms with Gasteiger partial charge in [0.15, 0.2) is 0 Å². The van der Waals surface area contributed by atoms with Gasteiger partial charge in [-0.15, -0.1) is 12.4 Å². The maximum atomic E-state index is 13.7. The molecule has 0 radical (unpaired) electrons. The average Bonchev–Trinajstić information content (AvgIpc) is 2.70. The molecule has 116 valence electrons. The second-order valence-corrected chi connectivity index (χ2v) is 4.77. The molecule has 21 heavy (non-hydrogen) atoms. The number of nitrogens with two attached hydrogens (primary N) is 1. The van der Waals surface area contributed by atoms with Crippen molar-refractivity contribution in [3.05, 3.63) is 29.8 Å². The summed E-state index contributed by atoms with van der Waals surface area (Å²) in [7, 11) is 0. The van der Waals surface area contributed by atoms with Gasteiger partial charge in [-0.3, -0.25) is 9.59 Å². The summed E-state index contributed by atoms with van der Waals surface area (Å²) < 4.78 is 27.3. The third-order valence-corrected chi connectivity index (χ3v) is 3.09. The van der Waals surface area contributed by atoms with Crippen LogP contribution in [-0.2, 0) is 9.59 Å². The number of nitrogens with one attached hydrogen (secondary N) is 1. The van der Waals surface area contributed by atoms with Crippen LogP contribution in [0, 0.1) is 11.6 Å². The number of anilines is 1. The second-order valence-electron chi connectivity index (χ2n) is 4.77. The van der Waals surface area contributed by atoms with Crippen LogP contribution >= 0.6 is 12.4 Å². The summed E-state index contributed by atoms with van der Waals surface area (Å²) in [4.78, 5) is 24.3. The quantitative estimate of drug-likeness (QED) is 0.871. The van der Waals surface area contributed by atoms with Gasteiger partial charge in [-0.05, 0) is 19.1 Å². The number of nitrogens with zero attached hydrogens (tertiary/aromatic N) is 1. The smallest absolute Gasteiger partial charge is 0.236 e. The predicted molar refractivity (Wildman–Crippen MR) is 76.2 cm³/mol. The summed E-state index contributed by atoms with van der Waals surface area (Å²) in [6.07, 6.45) is -0.00770. The van der Waals surface area contributed by atoms with Crippen molar-refractivity contribution in [2.24, 2.45) is 5.73 Å². The first-order valence-corrected chi connectivity index (χ1v) is 6.20. The molecule has 8 heteroatoms. The summed E-state index contributed by atoms with van der Waals surface area (Å²) in [6, 6.07) is 2.19. The van der Waals surface area contributed by atoms with Gasteiger partial charge in [0.05, 0.1) is 12.1 Å². The first kappa shape index (κ1) is 17.3. The molecule has 2 rings (SSSR count). The molecule has 2 amide bonds. The fourth-order valence-electron chi connectivity index (χ4n) is 2.10. The van der Waals surface area contributed by atoms with Crippen LogP contribution in [0.5, 0.6) is 0 Å². The number of carbonyl (C=O) groups excluding carboxylic acids is 2. The Morgan fingerprint density at radius 2 is 2.00 bits per heavy atom. The van der Waals surface area contributed by atoms with Crippen LogP contribution < -0.4 is 16.0 Å². The Morgan fingerprint density at radius 1 is 1.43 bits per heavy atom. The topological polar surface area (TPSA) is 75.4 Å². The first-order valence-electron chi connectivity index (χ1n) is 6.20. The number of hydrogen-bond donors (Lipinski definition) is 2. The van der Waals surface area contributed by atoms with Crippen LogP contribution in [0.3, 0.4) is 0 Å². The highest BCUT2D eigenvalue weighted by atomic mass is 35.5. The highest BCUT2D eigenvalue weighted by Crippen LogP contribution is 2.27. The molecule has 0 saturated carbocycles. The van der Waals surface area contributed by atoms with E-state index < -0.39 is 35.5 Å². The van der Waals surface area contributed by atoms with Crippen LogP contribution in [0.4, 0.5) is 14.5 Å². The molecule has 1 fully saturated rings. The summed E-state index contributed by atoms with van der Waals surface area (Å²) >= 11 is 0. The Bertz CT molecular complexity index is 534. The zero-order valence-corrected chi connectivity index (χ0v) is 12.1. The van der Waals surface area contributed by atoms with Gasteiger partial charge < -0.3 is 16.0 Å². The fourth-order valence-corrected chi connectivity index (χ4v) is 2.10. The Kier molecular flexibility index (Phi) is 5.62. The van der Waals surface area contributed by atoms with Gasteiger partial charge in [-0.1, -0.05) is 6.07 Å². The first-order chi connectivity index (χ1) is 9.40. The van der Waals surface area contributed by atoms with Crippen LogP contribution in [0.15, 0.2) is 18.2 Å². The normalized spacial score (nSPS) is 19.1. The maximum absolute atomic E-state index is 13.7. The summed E-state index contributed by atoms with van der Waals surface area (Å²) in [5, 5.41) is 2.58. The molecule has 2 atom stereocenters. The molecular formula is C13H16ClF2N3O2. The largest absolute Gasteiger partial charge is 0.350 e. The minimum absolute atomic E-state index is 0. The van der Waals surface area contributed by atoms with Gasteiger partial charge in [0.2, 0.25) is 11.8 Å². The maximum Gasteiger partial charge on any atom is 0.236 e. The van der Waals surface area contributed by atoms with Crippen molar-refractivity contribution in [2.45, 2.75) is 25.4 Å². The fraction of sp³-hybridized carbons (Fsp3) is 0.385. The monoisotopic (exact) mass is 319 g/mol. The number of hydrogen-bond acceptors (Lipinski definition) is 3. The van der Waals surface area contributed by atoms with Crippen molar-refractivity contribution in [3.8, 4) is 0 Å². The predicted octanol–water partition coefficient (Wildman–Crippen LogP) is 0.955. The van der Waals surface area contributed by atoms with Crippen LogP contribution in [0.2, 0.25) is 0 Å². The van der Waals surface area contributed by atoms with E-state index in [9.17, 15) is 18.4 Å². The number of amides is 2. The van der Waals surface area contributed by atoms with E-state index in [1.807, 2.05) is 0 Å². The Morgan fingerprint density at radius 3 is 2.52 bits per heavy atom. The van der Waals surface area contributed by atoms with Gasteiger partial charge in [0.1, 0.15) is 17.3 Å².